The first-order chi connectivity index (χ1) is 11.4. The van der Waals surface area contributed by atoms with Crippen LogP contribution in [-0.4, -0.2) is 68.2 Å². The molecule has 2 aliphatic rings. The van der Waals surface area contributed by atoms with Crippen LogP contribution >= 0.6 is 11.8 Å². The first-order valence-corrected chi connectivity index (χ1v) is 9.10. The molecule has 2 fully saturated rings. The van der Waals surface area contributed by atoms with Crippen LogP contribution in [0.2, 0.25) is 0 Å². The van der Waals surface area contributed by atoms with Crippen LogP contribution in [0.25, 0.3) is 6.08 Å². The van der Waals surface area contributed by atoms with Crippen LogP contribution in [0, 0.1) is 0 Å². The van der Waals surface area contributed by atoms with Gasteiger partial charge in [-0.1, -0.05) is 18.2 Å². The molecular formula is C17H22F3N3S. The van der Waals surface area contributed by atoms with E-state index in [9.17, 15) is 13.2 Å². The fourth-order valence-electron chi connectivity index (χ4n) is 3.02. The largest absolute Gasteiger partial charge is 0.460 e. The van der Waals surface area contributed by atoms with E-state index in [-0.39, 0.29) is 13.1 Å². The zero-order chi connectivity index (χ0) is 17.2. The molecule has 0 bridgehead atoms. The SMILES string of the molecule is CN1CCN(c2ccccc2C=C2CN(C(F)(F)F)CCS2)CC1. The minimum atomic E-state index is -4.25. The highest BCUT2D eigenvalue weighted by Crippen LogP contribution is 2.33. The highest BCUT2D eigenvalue weighted by Gasteiger charge is 2.38. The number of hydrogen-bond donors (Lipinski definition) is 0. The van der Waals surface area contributed by atoms with Crippen molar-refractivity contribution >= 4 is 23.5 Å². The number of para-hydroxylation sites is 1. The van der Waals surface area contributed by atoms with E-state index in [2.05, 4.69) is 22.9 Å². The minimum Gasteiger partial charge on any atom is -0.368 e. The Balaban J connectivity index is 1.79. The fraction of sp³-hybridized carbons (Fsp3) is 0.529. The summed E-state index contributed by atoms with van der Waals surface area (Å²) in [5, 5.41) is 0. The van der Waals surface area contributed by atoms with E-state index in [1.807, 2.05) is 24.3 Å². The van der Waals surface area contributed by atoms with Gasteiger partial charge in [-0.05, 0) is 29.7 Å². The van der Waals surface area contributed by atoms with Gasteiger partial charge in [-0.15, -0.1) is 11.8 Å². The summed E-state index contributed by atoms with van der Waals surface area (Å²) in [5.41, 5.74) is 2.12. The number of likely N-dealkylation sites (N-methyl/N-ethyl adjacent to an activating group) is 1. The quantitative estimate of drug-likeness (QED) is 0.751. The van der Waals surface area contributed by atoms with E-state index in [4.69, 9.17) is 0 Å². The Morgan fingerprint density at radius 2 is 1.75 bits per heavy atom. The van der Waals surface area contributed by atoms with Gasteiger partial charge < -0.3 is 9.80 Å². The summed E-state index contributed by atoms with van der Waals surface area (Å²) in [5.74, 6) is 0.474. The number of alkyl halides is 3. The number of halogens is 3. The van der Waals surface area contributed by atoms with Crippen LogP contribution < -0.4 is 4.90 Å². The predicted octanol–water partition coefficient (Wildman–Crippen LogP) is 3.35. The van der Waals surface area contributed by atoms with Crippen molar-refractivity contribution in [3.05, 3.63) is 34.7 Å². The molecule has 1 aromatic rings. The van der Waals surface area contributed by atoms with E-state index < -0.39 is 6.30 Å². The number of piperazine rings is 1. The third-order valence-corrected chi connectivity index (χ3v) is 5.46. The average molecular weight is 357 g/mol. The molecule has 3 nitrogen and oxygen atoms in total. The molecule has 0 atom stereocenters. The second kappa shape index (κ2) is 7.37. The highest BCUT2D eigenvalue weighted by molar-refractivity contribution is 8.03. The second-order valence-corrected chi connectivity index (χ2v) is 7.42. The van der Waals surface area contributed by atoms with E-state index >= 15 is 0 Å². The summed E-state index contributed by atoms with van der Waals surface area (Å²) in [7, 11) is 2.11. The first kappa shape index (κ1) is 17.6. The average Bonchev–Trinajstić information content (AvgIpc) is 2.56. The Kier molecular flexibility index (Phi) is 5.42. The van der Waals surface area contributed by atoms with Crippen LogP contribution in [0.3, 0.4) is 0 Å². The molecule has 24 heavy (non-hydrogen) atoms. The number of rotatable bonds is 2. The van der Waals surface area contributed by atoms with Crippen molar-refractivity contribution in [3.8, 4) is 0 Å². The molecule has 2 heterocycles. The summed E-state index contributed by atoms with van der Waals surface area (Å²) in [4.78, 5) is 5.98. The van der Waals surface area contributed by atoms with Crippen molar-refractivity contribution in [2.24, 2.45) is 0 Å². The van der Waals surface area contributed by atoms with Crippen LogP contribution in [-0.2, 0) is 0 Å². The molecule has 0 saturated carbocycles. The molecule has 0 amide bonds. The molecule has 7 heteroatoms. The number of nitrogens with zero attached hydrogens (tertiary/aromatic N) is 3. The van der Waals surface area contributed by atoms with E-state index in [1.54, 1.807) is 0 Å². The maximum atomic E-state index is 12.9. The van der Waals surface area contributed by atoms with Crippen LogP contribution in [0.4, 0.5) is 18.9 Å². The molecule has 0 aliphatic carbocycles. The number of benzene rings is 1. The molecule has 1 aromatic carbocycles. The van der Waals surface area contributed by atoms with Gasteiger partial charge in [0.2, 0.25) is 0 Å². The summed E-state index contributed by atoms with van der Waals surface area (Å²) in [6.07, 6.45) is -2.33. The highest BCUT2D eigenvalue weighted by atomic mass is 32.2. The molecule has 0 aromatic heterocycles. The number of thioether (sulfide) groups is 1. The Bertz CT molecular complexity index is 595. The van der Waals surface area contributed by atoms with E-state index in [1.165, 1.54) is 11.8 Å². The van der Waals surface area contributed by atoms with Crippen molar-refractivity contribution in [2.75, 3.05) is 57.0 Å². The van der Waals surface area contributed by atoms with Gasteiger partial charge in [-0.2, -0.15) is 13.2 Å². The van der Waals surface area contributed by atoms with Crippen molar-refractivity contribution < 1.29 is 13.2 Å². The first-order valence-electron chi connectivity index (χ1n) is 8.11. The minimum absolute atomic E-state index is 0.0504. The third kappa shape index (κ3) is 4.26. The zero-order valence-corrected chi connectivity index (χ0v) is 14.5. The lowest BCUT2D eigenvalue weighted by Crippen LogP contribution is -2.44. The predicted molar refractivity (Wildman–Crippen MR) is 94.2 cm³/mol. The summed E-state index contributed by atoms with van der Waals surface area (Å²) >= 11 is 1.53. The van der Waals surface area contributed by atoms with Crippen molar-refractivity contribution in [1.29, 1.82) is 0 Å². The summed E-state index contributed by atoms with van der Waals surface area (Å²) in [6, 6.07) is 7.99. The van der Waals surface area contributed by atoms with Crippen LogP contribution in [0.1, 0.15) is 5.56 Å². The maximum Gasteiger partial charge on any atom is 0.460 e. The molecular weight excluding hydrogens is 335 g/mol. The molecule has 0 radical (unpaired) electrons. The topological polar surface area (TPSA) is 9.72 Å². The second-order valence-electron chi connectivity index (χ2n) is 6.20. The Hall–Kier alpha value is -1.18. The Morgan fingerprint density at radius 1 is 1.04 bits per heavy atom. The third-order valence-electron chi connectivity index (χ3n) is 4.45. The normalized spacial score (nSPS) is 23.0. The lowest BCUT2D eigenvalue weighted by Gasteiger charge is -2.35. The number of hydrogen-bond acceptors (Lipinski definition) is 4. The van der Waals surface area contributed by atoms with Gasteiger partial charge in [0.15, 0.2) is 0 Å². The molecule has 132 valence electrons. The van der Waals surface area contributed by atoms with E-state index in [0.29, 0.717) is 10.7 Å². The molecule has 0 N–H and O–H groups in total. The summed E-state index contributed by atoms with van der Waals surface area (Å²) < 4.78 is 38.8. The Morgan fingerprint density at radius 3 is 2.46 bits per heavy atom. The monoisotopic (exact) mass is 357 g/mol. The lowest BCUT2D eigenvalue weighted by atomic mass is 10.1. The van der Waals surface area contributed by atoms with E-state index in [0.717, 1.165) is 42.3 Å². The van der Waals surface area contributed by atoms with Crippen molar-refractivity contribution in [2.45, 2.75) is 6.30 Å². The summed E-state index contributed by atoms with van der Waals surface area (Å²) in [6.45, 7) is 3.90. The molecule has 2 aliphatic heterocycles. The van der Waals surface area contributed by atoms with Crippen molar-refractivity contribution in [1.82, 2.24) is 9.80 Å². The molecule has 0 unspecified atom stereocenters. The van der Waals surface area contributed by atoms with Crippen LogP contribution in [0.15, 0.2) is 29.2 Å². The fourth-order valence-corrected chi connectivity index (χ4v) is 4.05. The van der Waals surface area contributed by atoms with Gasteiger partial charge in [0.1, 0.15) is 0 Å². The van der Waals surface area contributed by atoms with Gasteiger partial charge in [0, 0.05) is 50.7 Å². The van der Waals surface area contributed by atoms with Crippen LogP contribution in [0.5, 0.6) is 0 Å². The van der Waals surface area contributed by atoms with Gasteiger partial charge in [-0.25, -0.2) is 4.90 Å². The van der Waals surface area contributed by atoms with Crippen molar-refractivity contribution in [3.63, 3.8) is 0 Å². The smallest absolute Gasteiger partial charge is 0.368 e. The lowest BCUT2D eigenvalue weighted by molar-refractivity contribution is -0.241. The zero-order valence-electron chi connectivity index (χ0n) is 13.7. The standard InChI is InChI=1S/C17H22F3N3S/c1-21-6-8-22(9-7-21)16-5-3-2-4-14(16)12-15-13-23(10-11-24-15)17(18,19)20/h2-5,12H,6-11,13H2,1H3. The number of anilines is 1. The van der Waals surface area contributed by atoms with Gasteiger partial charge in [0.05, 0.1) is 0 Å². The maximum absolute atomic E-state index is 12.9. The Labute approximate surface area is 145 Å². The molecule has 2 saturated heterocycles. The molecule has 0 spiro atoms. The van der Waals surface area contributed by atoms with Gasteiger partial charge in [0.25, 0.3) is 0 Å². The molecule has 3 rings (SSSR count). The van der Waals surface area contributed by atoms with Gasteiger partial charge >= 0.3 is 6.30 Å². The van der Waals surface area contributed by atoms with Gasteiger partial charge in [-0.3, -0.25) is 0 Å².